The molecule has 1 amide bonds. The lowest BCUT2D eigenvalue weighted by Crippen LogP contribution is -2.47. The molecule has 4 nitrogen and oxygen atoms in total. The van der Waals surface area contributed by atoms with Crippen LogP contribution in [0.15, 0.2) is 16.3 Å². The number of aliphatic hydroxyl groups is 1. The quantitative estimate of drug-likeness (QED) is 0.831. The number of amides is 1. The summed E-state index contributed by atoms with van der Waals surface area (Å²) in [5.41, 5.74) is -0.816. The van der Waals surface area contributed by atoms with Crippen LogP contribution in [0.5, 0.6) is 0 Å². The number of hydrogen-bond donors (Lipinski definition) is 2. The fourth-order valence-corrected chi connectivity index (χ4v) is 3.19. The molecule has 100 valence electrons. The average Bonchev–Trinajstić information content (AvgIpc) is 2.75. The van der Waals surface area contributed by atoms with Gasteiger partial charge in [-0.15, -0.1) is 24.0 Å². The lowest BCUT2D eigenvalue weighted by Gasteiger charge is -2.35. The Bertz CT molecular complexity index is 427. The largest absolute Gasteiger partial charge is 0.388 e. The van der Waals surface area contributed by atoms with Crippen molar-refractivity contribution in [3.05, 3.63) is 16.3 Å². The molecule has 18 heavy (non-hydrogen) atoms. The third-order valence-electron chi connectivity index (χ3n) is 3.10. The molecule has 0 saturated carbocycles. The number of carbonyl (C=O) groups excluding carboxylic acids is 1. The number of carbonyl (C=O) groups is 1. The number of hydrogen-bond acceptors (Lipinski definition) is 5. The lowest BCUT2D eigenvalue weighted by molar-refractivity contribution is -0.0733. The molecule has 1 aliphatic heterocycles. The van der Waals surface area contributed by atoms with E-state index in [1.54, 1.807) is 18.0 Å². The number of ether oxygens (including phenoxy) is 1. The van der Waals surface area contributed by atoms with E-state index in [2.05, 4.69) is 12.6 Å². The van der Waals surface area contributed by atoms with Gasteiger partial charge in [0, 0.05) is 49.9 Å². The summed E-state index contributed by atoms with van der Waals surface area (Å²) in [4.78, 5) is 15.2. The van der Waals surface area contributed by atoms with Crippen LogP contribution in [0.1, 0.15) is 22.5 Å². The maximum absolute atomic E-state index is 12.1. The van der Waals surface area contributed by atoms with Gasteiger partial charge < -0.3 is 14.7 Å². The van der Waals surface area contributed by atoms with E-state index in [0.29, 0.717) is 37.5 Å². The Kier molecular flexibility index (Phi) is 4.32. The van der Waals surface area contributed by atoms with E-state index in [9.17, 15) is 9.90 Å². The first-order chi connectivity index (χ1) is 8.50. The normalized spacial score (nSPS) is 18.6. The molecule has 1 fully saturated rings. The number of rotatable bonds is 3. The number of likely N-dealkylation sites (N-methyl/N-ethyl adjacent to an activating group) is 1. The van der Waals surface area contributed by atoms with Gasteiger partial charge >= 0.3 is 0 Å². The molecule has 6 heteroatoms. The van der Waals surface area contributed by atoms with Gasteiger partial charge in [0.1, 0.15) is 0 Å². The lowest BCUT2D eigenvalue weighted by atomic mass is 9.94. The Balaban J connectivity index is 1.98. The van der Waals surface area contributed by atoms with Crippen LogP contribution in [0.2, 0.25) is 0 Å². The zero-order valence-corrected chi connectivity index (χ0v) is 12.0. The summed E-state index contributed by atoms with van der Waals surface area (Å²) < 4.78 is 5.22. The van der Waals surface area contributed by atoms with Crippen LogP contribution in [0, 0.1) is 0 Å². The summed E-state index contributed by atoms with van der Waals surface area (Å²) in [5, 5.41) is 12.2. The summed E-state index contributed by atoms with van der Waals surface area (Å²) >= 11 is 5.56. The standard InChI is InChI=1S/C12H17NO3S2/c1-13(8-12(15)2-4-16-5-3-12)11(14)10-6-9(17)7-18-10/h6-7,15,17H,2-5,8H2,1H3. The molecular weight excluding hydrogens is 270 g/mol. The number of thiophene rings is 1. The van der Waals surface area contributed by atoms with E-state index >= 15 is 0 Å². The van der Waals surface area contributed by atoms with Gasteiger partial charge in [0.25, 0.3) is 5.91 Å². The fourth-order valence-electron chi connectivity index (χ4n) is 2.05. The van der Waals surface area contributed by atoms with Crippen molar-refractivity contribution in [3.8, 4) is 0 Å². The van der Waals surface area contributed by atoms with Crippen LogP contribution < -0.4 is 0 Å². The first-order valence-electron chi connectivity index (χ1n) is 5.83. The number of thiol groups is 1. The van der Waals surface area contributed by atoms with Gasteiger partial charge in [0.15, 0.2) is 0 Å². The summed E-state index contributed by atoms with van der Waals surface area (Å²) in [6.45, 7) is 1.45. The van der Waals surface area contributed by atoms with Crippen molar-refractivity contribution in [2.24, 2.45) is 0 Å². The van der Waals surface area contributed by atoms with Gasteiger partial charge in [-0.2, -0.15) is 0 Å². The molecular formula is C12H17NO3S2. The second kappa shape index (κ2) is 5.61. The summed E-state index contributed by atoms with van der Waals surface area (Å²) in [6, 6.07) is 1.75. The second-order valence-corrected chi connectivity index (χ2v) is 6.09. The third kappa shape index (κ3) is 3.26. The van der Waals surface area contributed by atoms with Crippen molar-refractivity contribution < 1.29 is 14.6 Å². The van der Waals surface area contributed by atoms with Gasteiger partial charge in [-0.25, -0.2) is 0 Å². The smallest absolute Gasteiger partial charge is 0.263 e. The Labute approximate surface area is 116 Å². The van der Waals surface area contributed by atoms with Crippen molar-refractivity contribution in [2.45, 2.75) is 23.3 Å². The average molecular weight is 287 g/mol. The van der Waals surface area contributed by atoms with E-state index in [-0.39, 0.29) is 5.91 Å². The molecule has 0 bridgehead atoms. The highest BCUT2D eigenvalue weighted by Crippen LogP contribution is 2.23. The Morgan fingerprint density at radius 2 is 2.28 bits per heavy atom. The van der Waals surface area contributed by atoms with Crippen LogP contribution in [0.4, 0.5) is 0 Å². The maximum Gasteiger partial charge on any atom is 0.263 e. The molecule has 0 aromatic carbocycles. The van der Waals surface area contributed by atoms with Crippen molar-refractivity contribution in [2.75, 3.05) is 26.8 Å². The van der Waals surface area contributed by atoms with E-state index in [4.69, 9.17) is 4.74 Å². The summed E-state index contributed by atoms with van der Waals surface area (Å²) in [6.07, 6.45) is 1.15. The zero-order valence-electron chi connectivity index (χ0n) is 10.3. The van der Waals surface area contributed by atoms with Gasteiger partial charge in [0.05, 0.1) is 10.5 Å². The van der Waals surface area contributed by atoms with E-state index < -0.39 is 5.60 Å². The monoisotopic (exact) mass is 287 g/mol. The fraction of sp³-hybridized carbons (Fsp3) is 0.583. The van der Waals surface area contributed by atoms with Gasteiger partial charge in [-0.05, 0) is 6.07 Å². The minimum absolute atomic E-state index is 0.0692. The predicted octanol–water partition coefficient (Wildman–Crippen LogP) is 1.65. The molecule has 1 saturated heterocycles. The predicted molar refractivity (Wildman–Crippen MR) is 73.5 cm³/mol. The van der Waals surface area contributed by atoms with Crippen molar-refractivity contribution in [1.82, 2.24) is 4.90 Å². The molecule has 1 aromatic heterocycles. The van der Waals surface area contributed by atoms with E-state index in [0.717, 1.165) is 4.90 Å². The van der Waals surface area contributed by atoms with Crippen LogP contribution >= 0.6 is 24.0 Å². The highest BCUT2D eigenvalue weighted by Gasteiger charge is 2.32. The minimum Gasteiger partial charge on any atom is -0.388 e. The van der Waals surface area contributed by atoms with Crippen LogP contribution in [0.3, 0.4) is 0 Å². The van der Waals surface area contributed by atoms with Gasteiger partial charge in [0.2, 0.25) is 0 Å². The third-order valence-corrected chi connectivity index (χ3v) is 4.45. The Morgan fingerprint density at radius 3 is 2.83 bits per heavy atom. The van der Waals surface area contributed by atoms with Crippen molar-refractivity contribution in [1.29, 1.82) is 0 Å². The van der Waals surface area contributed by atoms with Gasteiger partial charge in [-0.3, -0.25) is 4.79 Å². The number of nitrogens with zero attached hydrogens (tertiary/aromatic N) is 1. The Hall–Kier alpha value is -0.560. The van der Waals surface area contributed by atoms with Crippen LogP contribution in [0.25, 0.3) is 0 Å². The van der Waals surface area contributed by atoms with Gasteiger partial charge in [-0.1, -0.05) is 0 Å². The Morgan fingerprint density at radius 1 is 1.61 bits per heavy atom. The molecule has 0 radical (unpaired) electrons. The first-order valence-corrected chi connectivity index (χ1v) is 7.16. The molecule has 0 aliphatic carbocycles. The first kappa shape index (κ1) is 13.9. The summed E-state index contributed by atoms with van der Waals surface area (Å²) in [7, 11) is 1.72. The van der Waals surface area contributed by atoms with Crippen molar-refractivity contribution >= 4 is 29.9 Å². The highest BCUT2D eigenvalue weighted by atomic mass is 32.1. The molecule has 0 unspecified atom stereocenters. The molecule has 0 spiro atoms. The topological polar surface area (TPSA) is 49.8 Å². The highest BCUT2D eigenvalue weighted by molar-refractivity contribution is 7.80. The maximum atomic E-state index is 12.1. The summed E-state index contributed by atoms with van der Waals surface area (Å²) in [5.74, 6) is -0.0692. The SMILES string of the molecule is CN(CC1(O)CCOCC1)C(=O)c1cc(S)cs1. The van der Waals surface area contributed by atoms with E-state index in [1.165, 1.54) is 11.3 Å². The van der Waals surface area contributed by atoms with Crippen LogP contribution in [-0.2, 0) is 4.74 Å². The second-order valence-electron chi connectivity index (χ2n) is 4.67. The van der Waals surface area contributed by atoms with Crippen molar-refractivity contribution in [3.63, 3.8) is 0 Å². The molecule has 1 aliphatic rings. The van der Waals surface area contributed by atoms with E-state index in [1.807, 2.05) is 5.38 Å². The molecule has 2 heterocycles. The molecule has 1 aromatic rings. The molecule has 0 atom stereocenters. The van der Waals surface area contributed by atoms with Crippen LogP contribution in [-0.4, -0.2) is 48.3 Å². The zero-order chi connectivity index (χ0) is 13.2. The molecule has 1 N–H and O–H groups in total. The minimum atomic E-state index is -0.816. The molecule has 2 rings (SSSR count).